The van der Waals surface area contributed by atoms with Gasteiger partial charge in [-0.15, -0.1) is 0 Å². The van der Waals surface area contributed by atoms with Crippen LogP contribution in [-0.4, -0.2) is 11.1 Å². The Bertz CT molecular complexity index is 644. The van der Waals surface area contributed by atoms with Crippen LogP contribution < -0.4 is 0 Å². The maximum Gasteiger partial charge on any atom is 0.311 e. The summed E-state index contributed by atoms with van der Waals surface area (Å²) in [5, 5.41) is 9.77. The predicted molar refractivity (Wildman–Crippen MR) is 76.9 cm³/mol. The third-order valence-corrected chi connectivity index (χ3v) is 3.53. The molecule has 0 aliphatic carbocycles. The fraction of sp³-hybridized carbons (Fsp3) is 0.133. The average Bonchev–Trinajstić information content (AvgIpc) is 2.40. The van der Waals surface area contributed by atoms with Gasteiger partial charge in [-0.1, -0.05) is 47.5 Å². The van der Waals surface area contributed by atoms with Gasteiger partial charge >= 0.3 is 5.97 Å². The van der Waals surface area contributed by atoms with Crippen LogP contribution in [0.25, 0.3) is 0 Å². The molecule has 2 aromatic rings. The summed E-state index contributed by atoms with van der Waals surface area (Å²) >= 11 is 11.6. The quantitative estimate of drug-likeness (QED) is 0.899. The Morgan fingerprint density at radius 1 is 1.20 bits per heavy atom. The second-order valence-electron chi connectivity index (χ2n) is 4.36. The topological polar surface area (TPSA) is 37.3 Å². The van der Waals surface area contributed by atoms with Gasteiger partial charge in [-0.3, -0.25) is 4.79 Å². The molecule has 0 radical (unpaired) electrons. The minimum Gasteiger partial charge on any atom is -0.481 e. The molecule has 0 heterocycles. The maximum atomic E-state index is 13.9. The van der Waals surface area contributed by atoms with Crippen LogP contribution in [-0.2, 0) is 11.2 Å². The molecular formula is C15H11Cl2FO2. The van der Waals surface area contributed by atoms with Crippen molar-refractivity contribution in [2.75, 3.05) is 0 Å². The van der Waals surface area contributed by atoms with E-state index < -0.39 is 17.7 Å². The van der Waals surface area contributed by atoms with E-state index in [4.69, 9.17) is 23.2 Å². The second kappa shape index (κ2) is 6.25. The van der Waals surface area contributed by atoms with E-state index in [1.165, 1.54) is 12.1 Å². The molecule has 2 nitrogen and oxygen atoms in total. The molecule has 0 saturated heterocycles. The van der Waals surface area contributed by atoms with Gasteiger partial charge in [0.05, 0.1) is 10.9 Å². The molecule has 5 heteroatoms. The molecule has 0 aliphatic rings. The first-order valence-corrected chi connectivity index (χ1v) is 6.66. The molecule has 1 N–H and O–H groups in total. The first-order chi connectivity index (χ1) is 9.49. The highest BCUT2D eigenvalue weighted by Crippen LogP contribution is 2.27. The molecule has 0 fully saturated rings. The first kappa shape index (κ1) is 14.8. The summed E-state index contributed by atoms with van der Waals surface area (Å²) in [4.78, 5) is 11.4. The lowest BCUT2D eigenvalue weighted by atomic mass is 9.92. The van der Waals surface area contributed by atoms with Crippen molar-refractivity contribution in [3.8, 4) is 0 Å². The van der Waals surface area contributed by atoms with Gasteiger partial charge < -0.3 is 5.11 Å². The van der Waals surface area contributed by atoms with Crippen molar-refractivity contribution < 1.29 is 14.3 Å². The van der Waals surface area contributed by atoms with Crippen LogP contribution in [0, 0.1) is 5.82 Å². The highest BCUT2D eigenvalue weighted by molar-refractivity contribution is 6.31. The Labute approximate surface area is 125 Å². The number of carboxylic acid groups (broad SMARTS) is 1. The van der Waals surface area contributed by atoms with Gasteiger partial charge in [-0.05, 0) is 35.7 Å². The smallest absolute Gasteiger partial charge is 0.311 e. The van der Waals surface area contributed by atoms with E-state index in [9.17, 15) is 14.3 Å². The van der Waals surface area contributed by atoms with Crippen molar-refractivity contribution in [2.45, 2.75) is 12.3 Å². The van der Waals surface area contributed by atoms with E-state index in [2.05, 4.69) is 0 Å². The third kappa shape index (κ3) is 3.30. The highest BCUT2D eigenvalue weighted by Gasteiger charge is 2.22. The monoisotopic (exact) mass is 312 g/mol. The number of hydrogen-bond donors (Lipinski definition) is 1. The van der Waals surface area contributed by atoms with Gasteiger partial charge in [0.25, 0.3) is 0 Å². The van der Waals surface area contributed by atoms with Crippen LogP contribution in [0.4, 0.5) is 4.39 Å². The molecule has 0 aliphatic heterocycles. The number of rotatable bonds is 4. The molecule has 20 heavy (non-hydrogen) atoms. The summed E-state index contributed by atoms with van der Waals surface area (Å²) in [5.74, 6) is -2.49. The van der Waals surface area contributed by atoms with E-state index in [-0.39, 0.29) is 17.0 Å². The molecule has 0 bridgehead atoms. The molecule has 0 saturated carbocycles. The summed E-state index contributed by atoms with van der Waals surface area (Å²) in [6.07, 6.45) is 0.0159. The van der Waals surface area contributed by atoms with Gasteiger partial charge in [0.2, 0.25) is 0 Å². The summed E-state index contributed by atoms with van der Waals surface area (Å²) < 4.78 is 13.9. The third-order valence-electron chi connectivity index (χ3n) is 3.00. The first-order valence-electron chi connectivity index (χ1n) is 5.90. The van der Waals surface area contributed by atoms with Crippen molar-refractivity contribution >= 4 is 29.2 Å². The number of halogens is 3. The Balaban J connectivity index is 2.36. The normalized spacial score (nSPS) is 12.2. The standard InChI is InChI=1S/C15H11Cl2FO2/c16-11-5-1-3-9(7-11)12(15(19)20)8-10-4-2-6-13(17)14(10)18/h1-7,12H,8H2,(H,19,20). The van der Waals surface area contributed by atoms with E-state index in [0.717, 1.165) is 0 Å². The number of hydrogen-bond acceptors (Lipinski definition) is 1. The van der Waals surface area contributed by atoms with Crippen LogP contribution in [0.1, 0.15) is 17.0 Å². The number of carbonyl (C=O) groups is 1. The van der Waals surface area contributed by atoms with Gasteiger partial charge in [-0.25, -0.2) is 4.39 Å². The lowest BCUT2D eigenvalue weighted by molar-refractivity contribution is -0.138. The number of benzene rings is 2. The summed E-state index contributed by atoms with van der Waals surface area (Å²) in [6, 6.07) is 11.1. The minimum absolute atomic E-state index is 0.0159. The van der Waals surface area contributed by atoms with Crippen LogP contribution in [0.15, 0.2) is 42.5 Å². The lowest BCUT2D eigenvalue weighted by Gasteiger charge is -2.14. The van der Waals surface area contributed by atoms with Crippen molar-refractivity contribution in [1.29, 1.82) is 0 Å². The van der Waals surface area contributed by atoms with E-state index in [1.807, 2.05) is 0 Å². The molecule has 0 spiro atoms. The molecule has 0 aromatic heterocycles. The van der Waals surface area contributed by atoms with Gasteiger partial charge in [0.15, 0.2) is 0 Å². The predicted octanol–water partition coefficient (Wildman–Crippen LogP) is 4.54. The molecule has 1 unspecified atom stereocenters. The van der Waals surface area contributed by atoms with Crippen molar-refractivity contribution in [2.24, 2.45) is 0 Å². The molecule has 1 atom stereocenters. The van der Waals surface area contributed by atoms with Gasteiger partial charge in [0, 0.05) is 5.02 Å². The van der Waals surface area contributed by atoms with E-state index in [0.29, 0.717) is 10.6 Å². The summed E-state index contributed by atoms with van der Waals surface area (Å²) in [6.45, 7) is 0. The fourth-order valence-electron chi connectivity index (χ4n) is 2.00. The summed E-state index contributed by atoms with van der Waals surface area (Å²) in [7, 11) is 0. The fourth-order valence-corrected chi connectivity index (χ4v) is 2.39. The molecule has 2 rings (SSSR count). The molecule has 104 valence electrons. The number of aliphatic carboxylic acids is 1. The van der Waals surface area contributed by atoms with Crippen molar-refractivity contribution in [3.63, 3.8) is 0 Å². The Morgan fingerprint density at radius 3 is 2.55 bits per heavy atom. The molecular weight excluding hydrogens is 302 g/mol. The Hall–Kier alpha value is -1.58. The van der Waals surface area contributed by atoms with Crippen LogP contribution in [0.5, 0.6) is 0 Å². The second-order valence-corrected chi connectivity index (χ2v) is 5.21. The van der Waals surface area contributed by atoms with E-state index >= 15 is 0 Å². The van der Waals surface area contributed by atoms with E-state index in [1.54, 1.807) is 30.3 Å². The van der Waals surface area contributed by atoms with Gasteiger partial charge in [0.1, 0.15) is 5.82 Å². The SMILES string of the molecule is O=C(O)C(Cc1cccc(Cl)c1F)c1cccc(Cl)c1. The minimum atomic E-state index is -1.04. The van der Waals surface area contributed by atoms with Gasteiger partial charge in [-0.2, -0.15) is 0 Å². The van der Waals surface area contributed by atoms with Crippen molar-refractivity contribution in [1.82, 2.24) is 0 Å². The zero-order valence-electron chi connectivity index (χ0n) is 10.3. The lowest BCUT2D eigenvalue weighted by Crippen LogP contribution is -2.15. The number of carboxylic acids is 1. The zero-order valence-corrected chi connectivity index (χ0v) is 11.8. The van der Waals surface area contributed by atoms with Crippen LogP contribution in [0.3, 0.4) is 0 Å². The maximum absolute atomic E-state index is 13.9. The Morgan fingerprint density at radius 2 is 1.90 bits per heavy atom. The highest BCUT2D eigenvalue weighted by atomic mass is 35.5. The molecule has 0 amide bonds. The van der Waals surface area contributed by atoms with Crippen LogP contribution >= 0.6 is 23.2 Å². The summed E-state index contributed by atoms with van der Waals surface area (Å²) in [5.41, 5.74) is 0.800. The molecule has 2 aromatic carbocycles. The average molecular weight is 313 g/mol. The largest absolute Gasteiger partial charge is 0.481 e. The zero-order chi connectivity index (χ0) is 14.7. The van der Waals surface area contributed by atoms with Crippen LogP contribution in [0.2, 0.25) is 10.0 Å². The Kier molecular flexibility index (Phi) is 4.63. The van der Waals surface area contributed by atoms with Crippen molar-refractivity contribution in [3.05, 3.63) is 69.5 Å².